The lowest BCUT2D eigenvalue weighted by atomic mass is 10.1. The van der Waals surface area contributed by atoms with Gasteiger partial charge < -0.3 is 9.64 Å². The fraction of sp³-hybridized carbons (Fsp3) is 0.450. The van der Waals surface area contributed by atoms with Crippen molar-refractivity contribution >= 4 is 5.82 Å². The van der Waals surface area contributed by atoms with E-state index >= 15 is 0 Å². The second kappa shape index (κ2) is 8.17. The van der Waals surface area contributed by atoms with Gasteiger partial charge in [-0.05, 0) is 31.5 Å². The van der Waals surface area contributed by atoms with Gasteiger partial charge in [0, 0.05) is 44.5 Å². The average Bonchev–Trinajstić information content (AvgIpc) is 2.87. The molecule has 0 spiro atoms. The molecule has 0 amide bonds. The predicted octanol–water partition coefficient (Wildman–Crippen LogP) is 4.13. The lowest BCUT2D eigenvalue weighted by Crippen LogP contribution is -2.31. The van der Waals surface area contributed by atoms with E-state index in [0.29, 0.717) is 5.82 Å². The molecule has 2 heterocycles. The minimum Gasteiger partial charge on any atom is -0.496 e. The fourth-order valence-corrected chi connectivity index (χ4v) is 3.37. The number of alkyl halides is 3. The standard InChI is InChI=1S/C20H24F3N3O/c1-15-4-6-18(27-2)16(12-15)14-25-8-3-9-26(11-10-25)19-7-5-17(13-24-19)20(21,22)23/h4-7,12-13H,3,8-11,14H2,1-2H3. The van der Waals surface area contributed by atoms with Crippen molar-refractivity contribution in [3.63, 3.8) is 0 Å². The molecule has 1 saturated heterocycles. The van der Waals surface area contributed by atoms with Crippen LogP contribution in [0.5, 0.6) is 5.75 Å². The Morgan fingerprint density at radius 1 is 1.07 bits per heavy atom. The summed E-state index contributed by atoms with van der Waals surface area (Å²) in [5.41, 5.74) is 1.63. The van der Waals surface area contributed by atoms with Crippen LogP contribution in [0.3, 0.4) is 0 Å². The lowest BCUT2D eigenvalue weighted by molar-refractivity contribution is -0.137. The summed E-state index contributed by atoms with van der Waals surface area (Å²) >= 11 is 0. The summed E-state index contributed by atoms with van der Waals surface area (Å²) in [5, 5.41) is 0. The maximum atomic E-state index is 12.7. The van der Waals surface area contributed by atoms with E-state index in [1.165, 1.54) is 11.6 Å². The van der Waals surface area contributed by atoms with Gasteiger partial charge in [-0.1, -0.05) is 17.7 Å². The Morgan fingerprint density at radius 3 is 2.56 bits per heavy atom. The summed E-state index contributed by atoms with van der Waals surface area (Å²) in [7, 11) is 1.68. The molecule has 0 aliphatic carbocycles. The Morgan fingerprint density at radius 2 is 1.89 bits per heavy atom. The Hall–Kier alpha value is -2.28. The molecule has 1 aromatic carbocycles. The molecule has 0 atom stereocenters. The summed E-state index contributed by atoms with van der Waals surface area (Å²) in [5.74, 6) is 1.48. The number of aromatic nitrogens is 1. The van der Waals surface area contributed by atoms with Crippen LogP contribution in [0.4, 0.5) is 19.0 Å². The third kappa shape index (κ3) is 4.91. The second-order valence-electron chi connectivity index (χ2n) is 6.83. The number of halogens is 3. The molecule has 4 nitrogen and oxygen atoms in total. The van der Waals surface area contributed by atoms with E-state index in [4.69, 9.17) is 4.74 Å². The summed E-state index contributed by atoms with van der Waals surface area (Å²) < 4.78 is 43.6. The highest BCUT2D eigenvalue weighted by Crippen LogP contribution is 2.29. The highest BCUT2D eigenvalue weighted by molar-refractivity contribution is 5.40. The Kier molecular flexibility index (Phi) is 5.89. The van der Waals surface area contributed by atoms with Crippen molar-refractivity contribution in [1.82, 2.24) is 9.88 Å². The van der Waals surface area contributed by atoms with E-state index in [1.807, 2.05) is 17.0 Å². The van der Waals surface area contributed by atoms with Gasteiger partial charge in [0.15, 0.2) is 0 Å². The van der Waals surface area contributed by atoms with E-state index in [9.17, 15) is 13.2 Å². The van der Waals surface area contributed by atoms with Crippen molar-refractivity contribution in [1.29, 1.82) is 0 Å². The van der Waals surface area contributed by atoms with E-state index in [-0.39, 0.29) is 0 Å². The molecule has 0 bridgehead atoms. The SMILES string of the molecule is COc1ccc(C)cc1CN1CCCN(c2ccc(C(F)(F)F)cn2)CC1. The van der Waals surface area contributed by atoms with Gasteiger partial charge in [0.25, 0.3) is 0 Å². The van der Waals surface area contributed by atoms with E-state index in [0.717, 1.165) is 62.7 Å². The van der Waals surface area contributed by atoms with Crippen LogP contribution in [0.1, 0.15) is 23.1 Å². The number of pyridine rings is 1. The van der Waals surface area contributed by atoms with Crippen molar-refractivity contribution in [2.75, 3.05) is 38.2 Å². The molecule has 3 rings (SSSR count). The molecule has 0 saturated carbocycles. The van der Waals surface area contributed by atoms with E-state index < -0.39 is 11.7 Å². The molecule has 146 valence electrons. The number of aryl methyl sites for hydroxylation is 1. The van der Waals surface area contributed by atoms with Crippen LogP contribution in [-0.2, 0) is 12.7 Å². The fourth-order valence-electron chi connectivity index (χ4n) is 3.37. The van der Waals surface area contributed by atoms with Crippen LogP contribution < -0.4 is 9.64 Å². The number of anilines is 1. The van der Waals surface area contributed by atoms with Crippen molar-refractivity contribution in [3.8, 4) is 5.75 Å². The molecule has 0 unspecified atom stereocenters. The van der Waals surface area contributed by atoms with Crippen molar-refractivity contribution < 1.29 is 17.9 Å². The first-order valence-corrected chi connectivity index (χ1v) is 9.01. The summed E-state index contributed by atoms with van der Waals surface area (Å²) in [4.78, 5) is 8.42. The number of rotatable bonds is 4. The average molecular weight is 379 g/mol. The second-order valence-corrected chi connectivity index (χ2v) is 6.83. The number of methoxy groups -OCH3 is 1. The first-order valence-electron chi connectivity index (χ1n) is 9.01. The molecule has 1 fully saturated rings. The molecule has 1 aliphatic rings. The van der Waals surface area contributed by atoms with Gasteiger partial charge in [-0.15, -0.1) is 0 Å². The number of ether oxygens (including phenoxy) is 1. The van der Waals surface area contributed by atoms with Crippen LogP contribution in [0, 0.1) is 6.92 Å². The van der Waals surface area contributed by atoms with Crippen LogP contribution in [0.15, 0.2) is 36.5 Å². The summed E-state index contributed by atoms with van der Waals surface area (Å²) in [6, 6.07) is 8.72. The minimum atomic E-state index is -4.35. The van der Waals surface area contributed by atoms with Crippen molar-refractivity contribution in [2.24, 2.45) is 0 Å². The zero-order valence-electron chi connectivity index (χ0n) is 15.6. The molecule has 2 aromatic rings. The van der Waals surface area contributed by atoms with Gasteiger partial charge in [0.2, 0.25) is 0 Å². The van der Waals surface area contributed by atoms with Gasteiger partial charge >= 0.3 is 6.18 Å². The van der Waals surface area contributed by atoms with E-state index in [1.54, 1.807) is 7.11 Å². The number of hydrogen-bond donors (Lipinski definition) is 0. The van der Waals surface area contributed by atoms with Crippen LogP contribution in [-0.4, -0.2) is 43.2 Å². The summed E-state index contributed by atoms with van der Waals surface area (Å²) in [6.45, 7) is 6.10. The van der Waals surface area contributed by atoms with Crippen LogP contribution >= 0.6 is 0 Å². The van der Waals surface area contributed by atoms with Crippen molar-refractivity contribution in [2.45, 2.75) is 26.1 Å². The van der Waals surface area contributed by atoms with Gasteiger partial charge in [-0.25, -0.2) is 4.98 Å². The van der Waals surface area contributed by atoms with Gasteiger partial charge in [0.05, 0.1) is 12.7 Å². The van der Waals surface area contributed by atoms with Crippen molar-refractivity contribution in [3.05, 3.63) is 53.2 Å². The predicted molar refractivity (Wildman–Crippen MR) is 99.1 cm³/mol. The lowest BCUT2D eigenvalue weighted by Gasteiger charge is -2.23. The molecule has 0 radical (unpaired) electrons. The smallest absolute Gasteiger partial charge is 0.417 e. The molecule has 7 heteroatoms. The largest absolute Gasteiger partial charge is 0.496 e. The van der Waals surface area contributed by atoms with Gasteiger partial charge in [-0.2, -0.15) is 13.2 Å². The Bertz CT molecular complexity index is 762. The summed E-state index contributed by atoms with van der Waals surface area (Å²) in [6.07, 6.45) is -2.51. The Balaban J connectivity index is 1.65. The maximum Gasteiger partial charge on any atom is 0.417 e. The normalized spacial score (nSPS) is 16.3. The monoisotopic (exact) mass is 379 g/mol. The molecular formula is C20H24F3N3O. The minimum absolute atomic E-state index is 0.595. The third-order valence-electron chi connectivity index (χ3n) is 4.82. The van der Waals surface area contributed by atoms with E-state index in [2.05, 4.69) is 22.9 Å². The zero-order valence-corrected chi connectivity index (χ0v) is 15.6. The topological polar surface area (TPSA) is 28.6 Å². The highest BCUT2D eigenvalue weighted by atomic mass is 19.4. The molecule has 1 aromatic heterocycles. The molecule has 0 N–H and O–H groups in total. The molecule has 1 aliphatic heterocycles. The maximum absolute atomic E-state index is 12.7. The number of nitrogens with zero attached hydrogens (tertiary/aromatic N) is 3. The first kappa shape index (κ1) is 19.5. The van der Waals surface area contributed by atoms with Gasteiger partial charge in [-0.3, -0.25) is 4.90 Å². The third-order valence-corrected chi connectivity index (χ3v) is 4.82. The van der Waals surface area contributed by atoms with Gasteiger partial charge in [0.1, 0.15) is 11.6 Å². The number of hydrogen-bond acceptors (Lipinski definition) is 4. The quantitative estimate of drug-likeness (QED) is 0.799. The molecular weight excluding hydrogens is 355 g/mol. The first-order chi connectivity index (χ1) is 12.9. The van der Waals surface area contributed by atoms with Crippen LogP contribution in [0.2, 0.25) is 0 Å². The molecule has 27 heavy (non-hydrogen) atoms. The number of benzene rings is 1. The zero-order chi connectivity index (χ0) is 19.4. The van der Waals surface area contributed by atoms with Crippen LogP contribution in [0.25, 0.3) is 0 Å². The Labute approximate surface area is 157 Å². The highest BCUT2D eigenvalue weighted by Gasteiger charge is 2.31.